The highest BCUT2D eigenvalue weighted by Gasteiger charge is 2.23. The molecule has 1 aliphatic heterocycles. The van der Waals surface area contributed by atoms with E-state index in [-0.39, 0.29) is 21.9 Å². The van der Waals surface area contributed by atoms with Crippen LogP contribution < -0.4 is 15.8 Å². The van der Waals surface area contributed by atoms with Crippen molar-refractivity contribution in [2.75, 3.05) is 30.9 Å². The molecule has 1 saturated heterocycles. The monoisotopic (exact) mass is 450 g/mol. The van der Waals surface area contributed by atoms with Crippen molar-refractivity contribution < 1.29 is 18.0 Å². The van der Waals surface area contributed by atoms with Crippen molar-refractivity contribution in [2.45, 2.75) is 23.5 Å². The Hall–Kier alpha value is -2.43. The second-order valence-corrected chi connectivity index (χ2v) is 10.1. The summed E-state index contributed by atoms with van der Waals surface area (Å²) in [4.78, 5) is 26.0. The lowest BCUT2D eigenvalue weighted by Gasteiger charge is -2.31. The van der Waals surface area contributed by atoms with Crippen LogP contribution in [0.4, 0.5) is 5.69 Å². The second kappa shape index (κ2) is 10.1. The van der Waals surface area contributed by atoms with E-state index in [0.717, 1.165) is 43.7 Å². The molecule has 2 amide bonds. The summed E-state index contributed by atoms with van der Waals surface area (Å²) in [6.07, 6.45) is 2.55. The molecule has 0 radical (unpaired) electrons. The molecule has 1 fully saturated rings. The van der Waals surface area contributed by atoms with Crippen molar-refractivity contribution in [3.63, 3.8) is 0 Å². The molecule has 8 nitrogen and oxygen atoms in total. The van der Waals surface area contributed by atoms with Gasteiger partial charge in [0.15, 0.2) is 0 Å². The predicted octanol–water partition coefficient (Wildman–Crippen LogP) is 1.87. The normalized spacial score (nSPS) is 17.4. The van der Waals surface area contributed by atoms with Gasteiger partial charge >= 0.3 is 0 Å². The van der Waals surface area contributed by atoms with Crippen LogP contribution in [0.15, 0.2) is 46.0 Å². The summed E-state index contributed by atoms with van der Waals surface area (Å²) in [5.41, 5.74) is 6.12. The van der Waals surface area contributed by atoms with Gasteiger partial charge in [-0.3, -0.25) is 14.3 Å². The lowest BCUT2D eigenvalue weighted by molar-refractivity contribution is -0.123. The minimum absolute atomic E-state index is 0.0889. The summed E-state index contributed by atoms with van der Waals surface area (Å²) in [6, 6.07) is 9.59. The maximum atomic E-state index is 12.4. The second-order valence-electron chi connectivity index (χ2n) is 7.27. The quantitative estimate of drug-likeness (QED) is 0.504. The molecule has 1 aromatic carbocycles. The van der Waals surface area contributed by atoms with Crippen LogP contribution in [0.1, 0.15) is 29.6 Å². The van der Waals surface area contributed by atoms with Crippen LogP contribution in [0, 0.1) is 5.92 Å². The lowest BCUT2D eigenvalue weighted by Crippen LogP contribution is -2.42. The van der Waals surface area contributed by atoms with Crippen molar-refractivity contribution in [3.8, 4) is 0 Å². The molecule has 2 heterocycles. The first-order chi connectivity index (χ1) is 14.3. The molecule has 10 heteroatoms. The molecule has 3 rings (SSSR count). The fraction of sp³-hybridized carbons (Fsp3) is 0.400. The van der Waals surface area contributed by atoms with Crippen molar-refractivity contribution in [2.24, 2.45) is 11.7 Å². The van der Waals surface area contributed by atoms with E-state index in [1.165, 1.54) is 12.1 Å². The molecule has 4 N–H and O–H groups in total. The van der Waals surface area contributed by atoms with Gasteiger partial charge in [0, 0.05) is 24.3 Å². The van der Waals surface area contributed by atoms with Crippen LogP contribution in [0.5, 0.6) is 0 Å². The number of carbonyl (C=O) groups is 2. The van der Waals surface area contributed by atoms with Crippen molar-refractivity contribution in [1.29, 1.82) is 0 Å². The number of hydrogen-bond acceptors (Lipinski definition) is 6. The zero-order valence-corrected chi connectivity index (χ0v) is 18.2. The highest BCUT2D eigenvalue weighted by molar-refractivity contribution is 7.94. The maximum Gasteiger partial charge on any atom is 0.271 e. The zero-order chi connectivity index (χ0) is 21.6. The van der Waals surface area contributed by atoms with Gasteiger partial charge < -0.3 is 16.0 Å². The van der Waals surface area contributed by atoms with Crippen molar-refractivity contribution in [3.05, 3.63) is 47.3 Å². The summed E-state index contributed by atoms with van der Waals surface area (Å²) in [6.45, 7) is 2.88. The Morgan fingerprint density at radius 2 is 2.07 bits per heavy atom. The number of sulfonamides is 1. The van der Waals surface area contributed by atoms with Crippen LogP contribution in [0.2, 0.25) is 0 Å². The summed E-state index contributed by atoms with van der Waals surface area (Å²) < 4.78 is 27.4. The average Bonchev–Trinajstić information content (AvgIpc) is 3.27. The van der Waals surface area contributed by atoms with Crippen LogP contribution >= 0.6 is 11.3 Å². The number of benzene rings is 1. The molecule has 1 unspecified atom stereocenters. The summed E-state index contributed by atoms with van der Waals surface area (Å²) >= 11 is 1.13. The Morgan fingerprint density at radius 3 is 2.80 bits per heavy atom. The van der Waals surface area contributed by atoms with Crippen LogP contribution in [0.25, 0.3) is 0 Å². The molecule has 2 aromatic rings. The highest BCUT2D eigenvalue weighted by atomic mass is 32.2. The van der Waals surface area contributed by atoms with E-state index in [1.54, 1.807) is 29.6 Å². The molecule has 1 aromatic heterocycles. The first kappa shape index (κ1) is 22.3. The van der Waals surface area contributed by atoms with Crippen molar-refractivity contribution >= 4 is 38.9 Å². The van der Waals surface area contributed by atoms with Gasteiger partial charge in [-0.05, 0) is 62.0 Å². The van der Waals surface area contributed by atoms with Crippen LogP contribution in [-0.4, -0.2) is 51.3 Å². The van der Waals surface area contributed by atoms with Gasteiger partial charge in [-0.15, -0.1) is 11.3 Å². The SMILES string of the molecule is NC(=O)C1CCCN(CCCNC(=O)c2cccc(NS(=O)(=O)c3cccs3)c2)C1. The smallest absolute Gasteiger partial charge is 0.271 e. The molecule has 0 bridgehead atoms. The Kier molecular flexibility index (Phi) is 7.46. The van der Waals surface area contributed by atoms with E-state index in [2.05, 4.69) is 14.9 Å². The van der Waals surface area contributed by atoms with E-state index in [9.17, 15) is 18.0 Å². The largest absolute Gasteiger partial charge is 0.369 e. The van der Waals surface area contributed by atoms with E-state index >= 15 is 0 Å². The van der Waals surface area contributed by atoms with Crippen LogP contribution in [-0.2, 0) is 14.8 Å². The summed E-state index contributed by atoms with van der Waals surface area (Å²) in [5.74, 6) is -0.600. The van der Waals surface area contributed by atoms with E-state index in [1.807, 2.05) is 0 Å². The predicted molar refractivity (Wildman–Crippen MR) is 117 cm³/mol. The molecular formula is C20H26N4O4S2. The molecular weight excluding hydrogens is 424 g/mol. The number of amides is 2. The fourth-order valence-electron chi connectivity index (χ4n) is 3.44. The molecule has 0 saturated carbocycles. The van der Waals surface area contributed by atoms with E-state index in [0.29, 0.717) is 24.3 Å². The minimum atomic E-state index is -3.66. The van der Waals surface area contributed by atoms with Gasteiger partial charge in [-0.25, -0.2) is 8.42 Å². The first-order valence-electron chi connectivity index (χ1n) is 9.81. The number of hydrogen-bond donors (Lipinski definition) is 3. The number of nitrogens with one attached hydrogen (secondary N) is 2. The van der Waals surface area contributed by atoms with E-state index < -0.39 is 10.0 Å². The number of anilines is 1. The highest BCUT2D eigenvalue weighted by Crippen LogP contribution is 2.21. The van der Waals surface area contributed by atoms with Gasteiger partial charge in [0.1, 0.15) is 4.21 Å². The fourth-order valence-corrected chi connectivity index (χ4v) is 5.49. The van der Waals surface area contributed by atoms with Gasteiger partial charge in [0.25, 0.3) is 15.9 Å². The Labute approximate surface area is 180 Å². The maximum absolute atomic E-state index is 12.4. The van der Waals surface area contributed by atoms with Crippen LogP contribution in [0.3, 0.4) is 0 Å². The molecule has 0 spiro atoms. The molecule has 1 atom stereocenters. The average molecular weight is 451 g/mol. The molecule has 1 aliphatic rings. The Bertz CT molecular complexity index is 976. The first-order valence-corrected chi connectivity index (χ1v) is 12.2. The number of thiophene rings is 1. The van der Waals surface area contributed by atoms with Gasteiger partial charge in [-0.1, -0.05) is 12.1 Å². The number of primary amides is 1. The number of piperidine rings is 1. The van der Waals surface area contributed by atoms with E-state index in [4.69, 9.17) is 5.73 Å². The molecule has 0 aliphatic carbocycles. The third-order valence-corrected chi connectivity index (χ3v) is 7.76. The number of likely N-dealkylation sites (tertiary alicyclic amines) is 1. The number of carbonyl (C=O) groups excluding carboxylic acids is 2. The van der Waals surface area contributed by atoms with Crippen molar-refractivity contribution in [1.82, 2.24) is 10.2 Å². The third kappa shape index (κ3) is 6.04. The Balaban J connectivity index is 1.48. The lowest BCUT2D eigenvalue weighted by atomic mass is 9.97. The summed E-state index contributed by atoms with van der Waals surface area (Å²) in [7, 11) is -3.66. The number of nitrogens with two attached hydrogens (primary N) is 1. The van der Waals surface area contributed by atoms with Gasteiger partial charge in [0.05, 0.1) is 5.92 Å². The minimum Gasteiger partial charge on any atom is -0.369 e. The number of nitrogens with zero attached hydrogens (tertiary/aromatic N) is 1. The van der Waals surface area contributed by atoms with Gasteiger partial charge in [0.2, 0.25) is 5.91 Å². The van der Waals surface area contributed by atoms with Gasteiger partial charge in [-0.2, -0.15) is 0 Å². The third-order valence-electron chi connectivity index (χ3n) is 4.98. The topological polar surface area (TPSA) is 122 Å². The standard InChI is InChI=1S/C20H26N4O4S2/c21-19(25)16-6-2-10-24(14-16)11-4-9-22-20(26)15-5-1-7-17(13-15)23-30(27,28)18-8-3-12-29-18/h1,3,5,7-8,12-13,16,23H,2,4,6,9-11,14H2,(H2,21,25)(H,22,26). The Morgan fingerprint density at radius 1 is 1.23 bits per heavy atom. The molecule has 162 valence electrons. The summed E-state index contributed by atoms with van der Waals surface area (Å²) in [5, 5.41) is 4.55. The molecule has 30 heavy (non-hydrogen) atoms. The zero-order valence-electron chi connectivity index (χ0n) is 16.5. The number of rotatable bonds is 9.